The van der Waals surface area contributed by atoms with E-state index < -0.39 is 0 Å². The van der Waals surface area contributed by atoms with Crippen LogP contribution < -0.4 is 10.3 Å². The minimum Gasteiger partial charge on any atom is -0.486 e. The van der Waals surface area contributed by atoms with E-state index in [1.807, 2.05) is 0 Å². The summed E-state index contributed by atoms with van der Waals surface area (Å²) in [5.41, 5.74) is 0.268. The van der Waals surface area contributed by atoms with Crippen LogP contribution in [0.5, 0.6) is 5.75 Å². The van der Waals surface area contributed by atoms with E-state index >= 15 is 0 Å². The van der Waals surface area contributed by atoms with Crippen LogP contribution in [0.2, 0.25) is 0 Å². The monoisotopic (exact) mass is 271 g/mol. The first-order valence-corrected chi connectivity index (χ1v) is 5.94. The minimum absolute atomic E-state index is 0.0890. The molecule has 100 valence electrons. The highest BCUT2D eigenvalue weighted by atomic mass is 19.1. The Hall–Kier alpha value is -2.76. The van der Waals surface area contributed by atoms with Gasteiger partial charge < -0.3 is 9.72 Å². The number of hydrogen-bond donors (Lipinski definition) is 1. The minimum atomic E-state index is -0.333. The fourth-order valence-corrected chi connectivity index (χ4v) is 1.79. The Labute approximate surface area is 113 Å². The molecular formula is C14H10FN3O2. The number of aromatic amines is 1. The number of halogens is 1. The average Bonchev–Trinajstić information content (AvgIpc) is 2.47. The molecule has 0 aliphatic carbocycles. The van der Waals surface area contributed by atoms with Crippen molar-refractivity contribution in [3.8, 4) is 5.75 Å². The molecule has 1 aromatic carbocycles. The molecule has 2 heterocycles. The van der Waals surface area contributed by atoms with Crippen molar-refractivity contribution < 1.29 is 9.13 Å². The van der Waals surface area contributed by atoms with E-state index in [1.165, 1.54) is 36.7 Å². The van der Waals surface area contributed by atoms with Gasteiger partial charge in [-0.05, 0) is 30.3 Å². The average molecular weight is 271 g/mol. The summed E-state index contributed by atoms with van der Waals surface area (Å²) < 4.78 is 18.2. The standard InChI is InChI=1S/C14H10FN3O2/c15-9-1-3-10(4-2-9)20-8-13-17-12-7-16-6-5-11(12)14(19)18-13/h1-7H,8H2,(H,17,18,19). The third-order valence-corrected chi connectivity index (χ3v) is 2.75. The Morgan fingerprint density at radius 3 is 2.80 bits per heavy atom. The molecule has 0 bridgehead atoms. The van der Waals surface area contributed by atoms with Gasteiger partial charge in [-0.15, -0.1) is 0 Å². The third-order valence-electron chi connectivity index (χ3n) is 2.75. The second-order valence-corrected chi connectivity index (χ2v) is 4.15. The molecule has 0 aliphatic rings. The fourth-order valence-electron chi connectivity index (χ4n) is 1.79. The van der Waals surface area contributed by atoms with Gasteiger partial charge in [0.2, 0.25) is 0 Å². The topological polar surface area (TPSA) is 67.9 Å². The quantitative estimate of drug-likeness (QED) is 0.791. The van der Waals surface area contributed by atoms with E-state index in [0.29, 0.717) is 22.5 Å². The van der Waals surface area contributed by atoms with Gasteiger partial charge in [0, 0.05) is 6.20 Å². The lowest BCUT2D eigenvalue weighted by atomic mass is 10.3. The molecule has 3 aromatic rings. The summed E-state index contributed by atoms with van der Waals surface area (Å²) in [5, 5.41) is 0.477. The highest BCUT2D eigenvalue weighted by molar-refractivity contribution is 5.75. The molecule has 0 unspecified atom stereocenters. The van der Waals surface area contributed by atoms with Crippen LogP contribution in [0.3, 0.4) is 0 Å². The SMILES string of the molecule is O=c1[nH]c(COc2ccc(F)cc2)nc2cnccc12. The van der Waals surface area contributed by atoms with Gasteiger partial charge >= 0.3 is 0 Å². The normalized spacial score (nSPS) is 10.7. The summed E-state index contributed by atoms with van der Waals surface area (Å²) >= 11 is 0. The van der Waals surface area contributed by atoms with Crippen LogP contribution in [-0.2, 0) is 6.61 Å². The van der Waals surface area contributed by atoms with Gasteiger partial charge in [0.15, 0.2) is 0 Å². The van der Waals surface area contributed by atoms with Gasteiger partial charge in [0.25, 0.3) is 5.56 Å². The predicted molar refractivity (Wildman–Crippen MR) is 70.9 cm³/mol. The largest absolute Gasteiger partial charge is 0.486 e. The van der Waals surface area contributed by atoms with Gasteiger partial charge in [0.05, 0.1) is 17.1 Å². The number of hydrogen-bond acceptors (Lipinski definition) is 4. The number of nitrogens with zero attached hydrogens (tertiary/aromatic N) is 2. The van der Waals surface area contributed by atoms with E-state index in [0.717, 1.165) is 0 Å². The molecule has 5 nitrogen and oxygen atoms in total. The molecule has 3 rings (SSSR count). The molecule has 20 heavy (non-hydrogen) atoms. The van der Waals surface area contributed by atoms with E-state index in [4.69, 9.17) is 4.74 Å². The zero-order valence-electron chi connectivity index (χ0n) is 10.3. The summed E-state index contributed by atoms with van der Waals surface area (Å²) in [6, 6.07) is 7.23. The zero-order chi connectivity index (χ0) is 13.9. The van der Waals surface area contributed by atoms with Crippen LogP contribution >= 0.6 is 0 Å². The van der Waals surface area contributed by atoms with E-state index in [2.05, 4.69) is 15.0 Å². The number of benzene rings is 1. The van der Waals surface area contributed by atoms with E-state index in [1.54, 1.807) is 6.07 Å². The first kappa shape index (κ1) is 12.3. The van der Waals surface area contributed by atoms with Crippen molar-refractivity contribution in [1.29, 1.82) is 0 Å². The second kappa shape index (κ2) is 5.08. The van der Waals surface area contributed by atoms with Gasteiger partial charge in [0.1, 0.15) is 24.0 Å². The smallest absolute Gasteiger partial charge is 0.258 e. The number of ether oxygens (including phenoxy) is 1. The molecule has 0 radical (unpaired) electrons. The predicted octanol–water partition coefficient (Wildman–Crippen LogP) is 2.04. The molecular weight excluding hydrogens is 261 g/mol. The number of H-pyrrole nitrogens is 1. The van der Waals surface area contributed by atoms with Crippen molar-refractivity contribution in [1.82, 2.24) is 15.0 Å². The highest BCUT2D eigenvalue weighted by Gasteiger charge is 2.04. The molecule has 2 aromatic heterocycles. The second-order valence-electron chi connectivity index (χ2n) is 4.15. The lowest BCUT2D eigenvalue weighted by Gasteiger charge is -2.06. The molecule has 0 saturated carbocycles. The first-order valence-electron chi connectivity index (χ1n) is 5.94. The highest BCUT2D eigenvalue weighted by Crippen LogP contribution is 2.12. The number of fused-ring (bicyclic) bond motifs is 1. The van der Waals surface area contributed by atoms with Crippen LogP contribution in [0, 0.1) is 5.82 Å². The summed E-state index contributed by atoms with van der Waals surface area (Å²) in [6.07, 6.45) is 3.06. The van der Waals surface area contributed by atoms with Crippen LogP contribution in [0.25, 0.3) is 10.9 Å². The number of rotatable bonds is 3. The number of nitrogens with one attached hydrogen (secondary N) is 1. The van der Waals surface area contributed by atoms with Crippen LogP contribution in [0.1, 0.15) is 5.82 Å². The summed E-state index contributed by atoms with van der Waals surface area (Å²) in [4.78, 5) is 22.6. The Bertz CT molecular complexity index is 799. The fraction of sp³-hybridized carbons (Fsp3) is 0.0714. The molecule has 0 amide bonds. The maximum atomic E-state index is 12.8. The Morgan fingerprint density at radius 1 is 1.20 bits per heavy atom. The zero-order valence-corrected chi connectivity index (χ0v) is 10.3. The maximum absolute atomic E-state index is 12.8. The van der Waals surface area contributed by atoms with Crippen LogP contribution in [0.4, 0.5) is 4.39 Å². The number of pyridine rings is 1. The first-order chi connectivity index (χ1) is 9.72. The molecule has 0 atom stereocenters. The van der Waals surface area contributed by atoms with E-state index in [-0.39, 0.29) is 18.0 Å². The Balaban J connectivity index is 1.84. The molecule has 0 fully saturated rings. The van der Waals surface area contributed by atoms with Gasteiger partial charge in [-0.2, -0.15) is 0 Å². The summed E-state index contributed by atoms with van der Waals surface area (Å²) in [7, 11) is 0. The number of aromatic nitrogens is 3. The van der Waals surface area contributed by atoms with Crippen LogP contribution in [-0.4, -0.2) is 15.0 Å². The molecule has 6 heteroatoms. The Kier molecular flexibility index (Phi) is 3.12. The van der Waals surface area contributed by atoms with Crippen molar-refractivity contribution in [3.05, 3.63) is 64.7 Å². The van der Waals surface area contributed by atoms with E-state index in [9.17, 15) is 9.18 Å². The molecule has 0 spiro atoms. The third kappa shape index (κ3) is 2.49. The van der Waals surface area contributed by atoms with Gasteiger partial charge in [-0.3, -0.25) is 9.78 Å². The molecule has 0 saturated heterocycles. The summed E-state index contributed by atoms with van der Waals surface area (Å²) in [5.74, 6) is 0.556. The van der Waals surface area contributed by atoms with Gasteiger partial charge in [-0.1, -0.05) is 0 Å². The molecule has 0 aliphatic heterocycles. The van der Waals surface area contributed by atoms with Crippen molar-refractivity contribution in [2.75, 3.05) is 0 Å². The lowest BCUT2D eigenvalue weighted by Crippen LogP contribution is -2.13. The summed E-state index contributed by atoms with van der Waals surface area (Å²) in [6.45, 7) is 0.0890. The van der Waals surface area contributed by atoms with Crippen molar-refractivity contribution in [2.24, 2.45) is 0 Å². The maximum Gasteiger partial charge on any atom is 0.258 e. The van der Waals surface area contributed by atoms with Crippen molar-refractivity contribution >= 4 is 10.9 Å². The lowest BCUT2D eigenvalue weighted by molar-refractivity contribution is 0.295. The van der Waals surface area contributed by atoms with Crippen molar-refractivity contribution in [2.45, 2.75) is 6.61 Å². The van der Waals surface area contributed by atoms with Crippen molar-refractivity contribution in [3.63, 3.8) is 0 Å². The van der Waals surface area contributed by atoms with Gasteiger partial charge in [-0.25, -0.2) is 9.37 Å². The van der Waals surface area contributed by atoms with Crippen LogP contribution in [0.15, 0.2) is 47.5 Å². The molecule has 1 N–H and O–H groups in total. The Morgan fingerprint density at radius 2 is 2.00 bits per heavy atom.